The minimum Gasteiger partial charge on any atom is -0.399 e. The number of hydrogen-bond donors (Lipinski definition) is 1. The van der Waals surface area contributed by atoms with Gasteiger partial charge in [0.15, 0.2) is 11.6 Å². The normalized spacial score (nSPS) is 16.7. The third-order valence-electron chi connectivity index (χ3n) is 3.33. The molecule has 4 nitrogen and oxygen atoms in total. The Morgan fingerprint density at radius 3 is 2.42 bits per heavy atom. The van der Waals surface area contributed by atoms with Gasteiger partial charge in [-0.15, -0.1) is 0 Å². The summed E-state index contributed by atoms with van der Waals surface area (Å²) in [6.45, 7) is 3.69. The highest BCUT2D eigenvalue weighted by Crippen LogP contribution is 2.27. The Labute approximate surface area is 110 Å². The molecule has 19 heavy (non-hydrogen) atoms. The van der Waals surface area contributed by atoms with Crippen molar-refractivity contribution in [3.8, 4) is 0 Å². The van der Waals surface area contributed by atoms with Crippen LogP contribution in [0, 0.1) is 11.6 Å². The average Bonchev–Trinajstić information content (AvgIpc) is 2.51. The van der Waals surface area contributed by atoms with Crippen molar-refractivity contribution in [2.45, 2.75) is 13.3 Å². The predicted octanol–water partition coefficient (Wildman–Crippen LogP) is 1.61. The van der Waals surface area contributed by atoms with Gasteiger partial charge < -0.3 is 15.5 Å². The predicted molar refractivity (Wildman–Crippen MR) is 69.9 cm³/mol. The van der Waals surface area contributed by atoms with Crippen LogP contribution in [0.2, 0.25) is 0 Å². The molecule has 0 unspecified atom stereocenters. The summed E-state index contributed by atoms with van der Waals surface area (Å²) in [4.78, 5) is 15.0. The van der Waals surface area contributed by atoms with E-state index < -0.39 is 11.6 Å². The highest BCUT2D eigenvalue weighted by molar-refractivity contribution is 5.77. The summed E-state index contributed by atoms with van der Waals surface area (Å²) in [7, 11) is 0. The van der Waals surface area contributed by atoms with Gasteiger partial charge in [-0.3, -0.25) is 4.79 Å². The molecule has 104 valence electrons. The summed E-state index contributed by atoms with van der Waals surface area (Å²) < 4.78 is 27.7. The van der Waals surface area contributed by atoms with Crippen molar-refractivity contribution < 1.29 is 13.6 Å². The van der Waals surface area contributed by atoms with Crippen molar-refractivity contribution in [2.75, 3.05) is 36.8 Å². The molecule has 6 heteroatoms. The molecule has 1 aromatic carbocycles. The first-order valence-electron chi connectivity index (χ1n) is 6.30. The number of nitrogens with two attached hydrogens (primary N) is 1. The smallest absolute Gasteiger partial charge is 0.224 e. The fourth-order valence-electron chi connectivity index (χ4n) is 2.31. The minimum absolute atomic E-state index is 0.0151. The van der Waals surface area contributed by atoms with E-state index in [1.165, 1.54) is 0 Å². The Morgan fingerprint density at radius 1 is 1.21 bits per heavy atom. The second kappa shape index (κ2) is 5.42. The number of carbonyl (C=O) groups excluding carboxylic acids is 1. The molecule has 1 heterocycles. The number of anilines is 2. The van der Waals surface area contributed by atoms with Crippen LogP contribution in [0.4, 0.5) is 20.2 Å². The third-order valence-corrected chi connectivity index (χ3v) is 3.33. The number of rotatable bonds is 2. The lowest BCUT2D eigenvalue weighted by Gasteiger charge is -2.24. The second-order valence-electron chi connectivity index (χ2n) is 4.54. The number of likely N-dealkylation sites (N-methyl/N-ethyl adjacent to an activating group) is 1. The molecule has 1 aliphatic heterocycles. The molecule has 1 amide bonds. The summed E-state index contributed by atoms with van der Waals surface area (Å²) in [5.41, 5.74) is 5.35. The molecule has 1 aliphatic rings. The highest BCUT2D eigenvalue weighted by atomic mass is 19.1. The van der Waals surface area contributed by atoms with Crippen molar-refractivity contribution in [3.63, 3.8) is 0 Å². The second-order valence-corrected chi connectivity index (χ2v) is 4.54. The number of hydrogen-bond acceptors (Lipinski definition) is 3. The summed E-state index contributed by atoms with van der Waals surface area (Å²) in [6.07, 6.45) is 0.261. The van der Waals surface area contributed by atoms with E-state index in [4.69, 9.17) is 5.73 Å². The van der Waals surface area contributed by atoms with Gasteiger partial charge in [0.1, 0.15) is 5.69 Å². The third kappa shape index (κ3) is 2.77. The van der Waals surface area contributed by atoms with E-state index in [1.807, 2.05) is 6.92 Å². The number of nitrogens with zero attached hydrogens (tertiary/aromatic N) is 2. The quantitative estimate of drug-likeness (QED) is 0.830. The molecule has 2 rings (SSSR count). The maximum atomic E-state index is 13.8. The lowest BCUT2D eigenvalue weighted by Crippen LogP contribution is -2.33. The van der Waals surface area contributed by atoms with Crippen LogP contribution in [0.3, 0.4) is 0 Å². The van der Waals surface area contributed by atoms with Gasteiger partial charge in [0.05, 0.1) is 0 Å². The lowest BCUT2D eigenvalue weighted by molar-refractivity contribution is -0.130. The molecular formula is C13H17F2N3O. The standard InChI is InChI=1S/C13H17F2N3O/c1-2-17-5-6-18(4-3-12(17)19)13-10(14)7-9(16)8-11(13)15/h7-8H,2-6,16H2,1H3. The SMILES string of the molecule is CCN1CCN(c2c(F)cc(N)cc2F)CCC1=O. The molecule has 0 radical (unpaired) electrons. The lowest BCUT2D eigenvalue weighted by atomic mass is 10.2. The van der Waals surface area contributed by atoms with Gasteiger partial charge >= 0.3 is 0 Å². The zero-order valence-corrected chi connectivity index (χ0v) is 10.8. The van der Waals surface area contributed by atoms with Crippen LogP contribution in [0.25, 0.3) is 0 Å². The summed E-state index contributed by atoms with van der Waals surface area (Å²) in [6, 6.07) is 2.20. The molecule has 0 saturated carbocycles. The fraction of sp³-hybridized carbons (Fsp3) is 0.462. The molecule has 0 bridgehead atoms. The van der Waals surface area contributed by atoms with Gasteiger partial charge in [0.25, 0.3) is 0 Å². The molecule has 2 N–H and O–H groups in total. The van der Waals surface area contributed by atoms with Crippen molar-refractivity contribution in [2.24, 2.45) is 0 Å². The molecule has 1 saturated heterocycles. The number of nitrogen functional groups attached to an aromatic ring is 1. The Hall–Kier alpha value is -1.85. The monoisotopic (exact) mass is 269 g/mol. The Morgan fingerprint density at radius 2 is 1.84 bits per heavy atom. The zero-order chi connectivity index (χ0) is 14.0. The van der Waals surface area contributed by atoms with Gasteiger partial charge in [-0.1, -0.05) is 0 Å². The molecule has 0 aliphatic carbocycles. The van der Waals surface area contributed by atoms with Gasteiger partial charge in [-0.2, -0.15) is 0 Å². The maximum absolute atomic E-state index is 13.8. The van der Waals surface area contributed by atoms with Gasteiger partial charge in [0.2, 0.25) is 5.91 Å². The Bertz CT molecular complexity index is 470. The van der Waals surface area contributed by atoms with Crippen LogP contribution in [0.15, 0.2) is 12.1 Å². The van der Waals surface area contributed by atoms with Crippen LogP contribution in [-0.4, -0.2) is 37.0 Å². The summed E-state index contributed by atoms with van der Waals surface area (Å²) in [5.74, 6) is -1.36. The Kier molecular flexibility index (Phi) is 3.87. The number of carbonyl (C=O) groups is 1. The van der Waals surface area contributed by atoms with Crippen molar-refractivity contribution in [1.29, 1.82) is 0 Å². The van der Waals surface area contributed by atoms with E-state index in [1.54, 1.807) is 9.80 Å². The highest BCUT2D eigenvalue weighted by Gasteiger charge is 2.23. The van der Waals surface area contributed by atoms with E-state index in [2.05, 4.69) is 0 Å². The van der Waals surface area contributed by atoms with Crippen LogP contribution in [0.1, 0.15) is 13.3 Å². The first kappa shape index (κ1) is 13.6. The summed E-state index contributed by atoms with van der Waals surface area (Å²) >= 11 is 0. The number of benzene rings is 1. The molecule has 1 fully saturated rings. The minimum atomic E-state index is -0.685. The first-order valence-corrected chi connectivity index (χ1v) is 6.30. The van der Waals surface area contributed by atoms with E-state index in [9.17, 15) is 13.6 Å². The van der Waals surface area contributed by atoms with E-state index in [-0.39, 0.29) is 23.7 Å². The van der Waals surface area contributed by atoms with E-state index in [0.29, 0.717) is 26.2 Å². The molecule has 0 atom stereocenters. The number of halogens is 2. The van der Waals surface area contributed by atoms with Crippen LogP contribution in [0.5, 0.6) is 0 Å². The van der Waals surface area contributed by atoms with Crippen molar-refractivity contribution in [1.82, 2.24) is 4.90 Å². The van der Waals surface area contributed by atoms with Gasteiger partial charge in [-0.05, 0) is 19.1 Å². The molecule has 0 aromatic heterocycles. The fourth-order valence-corrected chi connectivity index (χ4v) is 2.31. The van der Waals surface area contributed by atoms with Crippen molar-refractivity contribution >= 4 is 17.3 Å². The molecule has 0 spiro atoms. The molecular weight excluding hydrogens is 252 g/mol. The number of amides is 1. The van der Waals surface area contributed by atoms with Crippen LogP contribution in [-0.2, 0) is 4.79 Å². The Balaban J connectivity index is 2.26. The van der Waals surface area contributed by atoms with Crippen molar-refractivity contribution in [3.05, 3.63) is 23.8 Å². The average molecular weight is 269 g/mol. The zero-order valence-electron chi connectivity index (χ0n) is 10.8. The van der Waals surface area contributed by atoms with Crippen LogP contribution < -0.4 is 10.6 Å². The van der Waals surface area contributed by atoms with E-state index >= 15 is 0 Å². The van der Waals surface area contributed by atoms with E-state index in [0.717, 1.165) is 12.1 Å². The van der Waals surface area contributed by atoms with Crippen LogP contribution >= 0.6 is 0 Å². The largest absolute Gasteiger partial charge is 0.399 e. The van der Waals surface area contributed by atoms with Gasteiger partial charge in [0, 0.05) is 38.3 Å². The summed E-state index contributed by atoms with van der Waals surface area (Å²) in [5, 5.41) is 0. The maximum Gasteiger partial charge on any atom is 0.224 e. The molecule has 1 aromatic rings. The first-order chi connectivity index (χ1) is 9.02. The van der Waals surface area contributed by atoms with Gasteiger partial charge in [-0.25, -0.2) is 8.78 Å². The topological polar surface area (TPSA) is 49.6 Å².